The van der Waals surface area contributed by atoms with Crippen LogP contribution in [0.3, 0.4) is 0 Å². The molecule has 0 unspecified atom stereocenters. The number of aromatic amines is 1. The fourth-order valence-electron chi connectivity index (χ4n) is 1.17. The fourth-order valence-corrected chi connectivity index (χ4v) is 1.17. The number of pyridine rings is 1. The molecule has 0 aliphatic heterocycles. The smallest absolute Gasteiger partial charge is 0.267 e. The van der Waals surface area contributed by atoms with E-state index < -0.39 is 5.91 Å². The summed E-state index contributed by atoms with van der Waals surface area (Å²) < 4.78 is 0. The van der Waals surface area contributed by atoms with Crippen LogP contribution in [0.25, 0.3) is 10.9 Å². The molecule has 0 bridgehead atoms. The summed E-state index contributed by atoms with van der Waals surface area (Å²) in [5, 5.41) is 10.0. The SMILES string of the molecule is NC(=O)c1cc2cc[nH]c2c(O)n1. The van der Waals surface area contributed by atoms with Gasteiger partial charge in [-0.15, -0.1) is 0 Å². The van der Waals surface area contributed by atoms with Gasteiger partial charge in [0.2, 0.25) is 5.88 Å². The molecule has 66 valence electrons. The Morgan fingerprint density at radius 2 is 2.38 bits per heavy atom. The summed E-state index contributed by atoms with van der Waals surface area (Å²) in [7, 11) is 0. The molecule has 5 nitrogen and oxygen atoms in total. The Balaban J connectivity index is 2.77. The summed E-state index contributed by atoms with van der Waals surface area (Å²) in [6.45, 7) is 0. The number of nitrogens with two attached hydrogens (primary N) is 1. The molecule has 0 radical (unpaired) electrons. The number of carbonyl (C=O) groups excluding carboxylic acids is 1. The van der Waals surface area contributed by atoms with E-state index in [4.69, 9.17) is 5.73 Å². The predicted octanol–water partition coefficient (Wildman–Crippen LogP) is 0.367. The average Bonchev–Trinajstić information content (AvgIpc) is 2.51. The Morgan fingerprint density at radius 1 is 1.62 bits per heavy atom. The number of nitrogens with one attached hydrogen (secondary N) is 1. The summed E-state index contributed by atoms with van der Waals surface area (Å²) in [5.41, 5.74) is 5.58. The lowest BCUT2D eigenvalue weighted by Crippen LogP contribution is -2.12. The molecule has 0 saturated carbocycles. The molecule has 0 atom stereocenters. The van der Waals surface area contributed by atoms with Crippen LogP contribution in [0.15, 0.2) is 18.3 Å². The number of rotatable bonds is 1. The van der Waals surface area contributed by atoms with Gasteiger partial charge in [0.05, 0.1) is 0 Å². The molecule has 0 fully saturated rings. The largest absolute Gasteiger partial charge is 0.492 e. The van der Waals surface area contributed by atoms with Gasteiger partial charge in [0.1, 0.15) is 11.2 Å². The maximum atomic E-state index is 10.8. The third kappa shape index (κ3) is 1.10. The molecular formula is C8H7N3O2. The van der Waals surface area contributed by atoms with Crippen LogP contribution in [0.5, 0.6) is 5.88 Å². The summed E-state index contributed by atoms with van der Waals surface area (Å²) in [6, 6.07) is 3.25. The minimum absolute atomic E-state index is 0.0598. The lowest BCUT2D eigenvalue weighted by molar-refractivity contribution is 0.0995. The summed E-state index contributed by atoms with van der Waals surface area (Å²) in [6.07, 6.45) is 1.65. The van der Waals surface area contributed by atoms with Gasteiger partial charge in [0.25, 0.3) is 5.91 Å². The number of amides is 1. The van der Waals surface area contributed by atoms with Crippen LogP contribution < -0.4 is 5.73 Å². The number of nitrogens with zero attached hydrogens (tertiary/aromatic N) is 1. The van der Waals surface area contributed by atoms with Crippen molar-refractivity contribution < 1.29 is 9.90 Å². The molecule has 0 saturated heterocycles. The second kappa shape index (κ2) is 2.48. The zero-order valence-electron chi connectivity index (χ0n) is 6.61. The Morgan fingerprint density at radius 3 is 3.08 bits per heavy atom. The number of aromatic nitrogens is 2. The molecular weight excluding hydrogens is 170 g/mol. The van der Waals surface area contributed by atoms with E-state index in [1.165, 1.54) is 6.07 Å². The highest BCUT2D eigenvalue weighted by Crippen LogP contribution is 2.21. The normalized spacial score (nSPS) is 10.5. The predicted molar refractivity (Wildman–Crippen MR) is 46.3 cm³/mol. The van der Waals surface area contributed by atoms with Gasteiger partial charge in [-0.3, -0.25) is 4.79 Å². The van der Waals surface area contributed by atoms with Crippen molar-refractivity contribution in [3.8, 4) is 5.88 Å². The lowest BCUT2D eigenvalue weighted by Gasteiger charge is -1.97. The van der Waals surface area contributed by atoms with Gasteiger partial charge >= 0.3 is 0 Å². The van der Waals surface area contributed by atoms with Gasteiger partial charge in [0.15, 0.2) is 0 Å². The van der Waals surface area contributed by atoms with Gasteiger partial charge in [-0.1, -0.05) is 0 Å². The molecule has 2 aromatic rings. The molecule has 4 N–H and O–H groups in total. The van der Waals surface area contributed by atoms with E-state index in [0.29, 0.717) is 10.9 Å². The van der Waals surface area contributed by atoms with E-state index in [2.05, 4.69) is 9.97 Å². The molecule has 0 spiro atoms. The van der Waals surface area contributed by atoms with E-state index in [1.807, 2.05) is 0 Å². The molecule has 0 aliphatic rings. The van der Waals surface area contributed by atoms with Crippen LogP contribution >= 0.6 is 0 Å². The Labute approximate surface area is 73.2 Å². The van der Waals surface area contributed by atoms with Crippen LogP contribution in [0.4, 0.5) is 0 Å². The van der Waals surface area contributed by atoms with Crippen molar-refractivity contribution >= 4 is 16.8 Å². The fraction of sp³-hybridized carbons (Fsp3) is 0. The van der Waals surface area contributed by atoms with Gasteiger partial charge in [0, 0.05) is 11.6 Å². The highest BCUT2D eigenvalue weighted by molar-refractivity contribution is 5.96. The summed E-state index contributed by atoms with van der Waals surface area (Å²) >= 11 is 0. The van der Waals surface area contributed by atoms with Gasteiger partial charge in [-0.2, -0.15) is 0 Å². The van der Waals surface area contributed by atoms with Crippen LogP contribution in [0, 0.1) is 0 Å². The number of carbonyl (C=O) groups is 1. The molecule has 5 heteroatoms. The van der Waals surface area contributed by atoms with E-state index in [9.17, 15) is 9.90 Å². The summed E-state index contributed by atoms with van der Waals surface area (Å²) in [5.74, 6) is -0.866. The van der Waals surface area contributed by atoms with Crippen molar-refractivity contribution in [1.29, 1.82) is 0 Å². The number of H-pyrrole nitrogens is 1. The second-order valence-electron chi connectivity index (χ2n) is 2.64. The molecule has 1 amide bonds. The van der Waals surface area contributed by atoms with Gasteiger partial charge in [-0.05, 0) is 12.1 Å². The number of fused-ring (bicyclic) bond motifs is 1. The molecule has 2 heterocycles. The zero-order chi connectivity index (χ0) is 9.42. The second-order valence-corrected chi connectivity index (χ2v) is 2.64. The highest BCUT2D eigenvalue weighted by Gasteiger charge is 2.08. The van der Waals surface area contributed by atoms with Crippen LogP contribution in [-0.2, 0) is 0 Å². The maximum Gasteiger partial charge on any atom is 0.267 e. The number of hydrogen-bond donors (Lipinski definition) is 3. The third-order valence-corrected chi connectivity index (χ3v) is 1.77. The minimum Gasteiger partial charge on any atom is -0.492 e. The average molecular weight is 177 g/mol. The standard InChI is InChI=1S/C8H7N3O2/c9-7(12)5-3-4-1-2-10-6(4)8(13)11-5/h1-3,10H,(H2,9,12)(H,11,13). The van der Waals surface area contributed by atoms with Gasteiger partial charge in [-0.25, -0.2) is 4.98 Å². The molecule has 2 aromatic heterocycles. The van der Waals surface area contributed by atoms with E-state index in [0.717, 1.165) is 0 Å². The van der Waals surface area contributed by atoms with Crippen molar-refractivity contribution in [2.45, 2.75) is 0 Å². The van der Waals surface area contributed by atoms with Crippen molar-refractivity contribution in [3.05, 3.63) is 24.0 Å². The van der Waals surface area contributed by atoms with E-state index >= 15 is 0 Å². The maximum absolute atomic E-state index is 10.8. The third-order valence-electron chi connectivity index (χ3n) is 1.77. The minimum atomic E-state index is -0.654. The number of hydrogen-bond acceptors (Lipinski definition) is 3. The Hall–Kier alpha value is -2.04. The van der Waals surface area contributed by atoms with Crippen molar-refractivity contribution in [3.63, 3.8) is 0 Å². The number of primary amides is 1. The first kappa shape index (κ1) is 7.60. The van der Waals surface area contributed by atoms with Crippen molar-refractivity contribution in [1.82, 2.24) is 9.97 Å². The first-order valence-corrected chi connectivity index (χ1v) is 3.65. The molecule has 2 rings (SSSR count). The topological polar surface area (TPSA) is 92.0 Å². The van der Waals surface area contributed by atoms with Crippen molar-refractivity contribution in [2.24, 2.45) is 5.73 Å². The highest BCUT2D eigenvalue weighted by atomic mass is 16.3. The van der Waals surface area contributed by atoms with Crippen LogP contribution in [0.1, 0.15) is 10.5 Å². The molecule has 13 heavy (non-hydrogen) atoms. The summed E-state index contributed by atoms with van der Waals surface area (Å²) in [4.78, 5) is 17.2. The van der Waals surface area contributed by atoms with Crippen LogP contribution in [-0.4, -0.2) is 21.0 Å². The quantitative estimate of drug-likeness (QED) is 0.587. The molecule has 0 aromatic carbocycles. The lowest BCUT2D eigenvalue weighted by atomic mass is 10.2. The van der Waals surface area contributed by atoms with E-state index in [1.54, 1.807) is 12.3 Å². The van der Waals surface area contributed by atoms with Gasteiger partial charge < -0.3 is 15.8 Å². The molecule has 0 aliphatic carbocycles. The Kier molecular flexibility index (Phi) is 1.45. The van der Waals surface area contributed by atoms with E-state index in [-0.39, 0.29) is 11.6 Å². The zero-order valence-corrected chi connectivity index (χ0v) is 6.61. The Bertz CT molecular complexity index is 475. The van der Waals surface area contributed by atoms with Crippen molar-refractivity contribution in [2.75, 3.05) is 0 Å². The number of aromatic hydroxyl groups is 1. The first-order chi connectivity index (χ1) is 6.18. The van der Waals surface area contributed by atoms with Crippen LogP contribution in [0.2, 0.25) is 0 Å². The first-order valence-electron chi connectivity index (χ1n) is 3.65. The monoisotopic (exact) mass is 177 g/mol.